The third-order valence-corrected chi connectivity index (χ3v) is 4.06. The third kappa shape index (κ3) is 3.46. The molecule has 0 aromatic carbocycles. The van der Waals surface area contributed by atoms with E-state index in [1.165, 1.54) is 51.7 Å². The van der Waals surface area contributed by atoms with Crippen LogP contribution >= 0.6 is 0 Å². The molecule has 1 saturated heterocycles. The van der Waals surface area contributed by atoms with Gasteiger partial charge < -0.3 is 5.32 Å². The second-order valence-electron chi connectivity index (χ2n) is 6.51. The molecule has 0 bridgehead atoms. The minimum atomic E-state index is 0.547. The Labute approximate surface area is 101 Å². The molecule has 2 heteroatoms. The molecule has 1 aliphatic carbocycles. The maximum absolute atomic E-state index is 3.70. The van der Waals surface area contributed by atoms with E-state index in [0.29, 0.717) is 5.41 Å². The molecule has 0 radical (unpaired) electrons. The van der Waals surface area contributed by atoms with Gasteiger partial charge in [0.05, 0.1) is 0 Å². The lowest BCUT2D eigenvalue weighted by Crippen LogP contribution is -2.42. The minimum absolute atomic E-state index is 0.547. The SMILES string of the molecule is CCCC(CNC1CC1)N1CCC(C)(C)C1. The quantitative estimate of drug-likeness (QED) is 0.746. The summed E-state index contributed by atoms with van der Waals surface area (Å²) in [5.41, 5.74) is 0.547. The predicted molar refractivity (Wildman–Crippen MR) is 69.7 cm³/mol. The molecule has 2 nitrogen and oxygen atoms in total. The van der Waals surface area contributed by atoms with Crippen LogP contribution in [0.3, 0.4) is 0 Å². The number of hydrogen-bond donors (Lipinski definition) is 1. The van der Waals surface area contributed by atoms with Crippen molar-refractivity contribution >= 4 is 0 Å². The largest absolute Gasteiger partial charge is 0.312 e. The van der Waals surface area contributed by atoms with Crippen molar-refractivity contribution < 1.29 is 0 Å². The van der Waals surface area contributed by atoms with Crippen molar-refractivity contribution in [2.24, 2.45) is 5.41 Å². The smallest absolute Gasteiger partial charge is 0.0220 e. The van der Waals surface area contributed by atoms with E-state index in [0.717, 1.165) is 12.1 Å². The summed E-state index contributed by atoms with van der Waals surface area (Å²) in [5, 5.41) is 3.70. The molecule has 94 valence electrons. The predicted octanol–water partition coefficient (Wildman–Crippen LogP) is 2.64. The van der Waals surface area contributed by atoms with Crippen molar-refractivity contribution in [1.29, 1.82) is 0 Å². The van der Waals surface area contributed by atoms with E-state index < -0.39 is 0 Å². The number of nitrogens with zero attached hydrogens (tertiary/aromatic N) is 1. The van der Waals surface area contributed by atoms with E-state index in [2.05, 4.69) is 31.0 Å². The van der Waals surface area contributed by atoms with Gasteiger partial charge in [-0.1, -0.05) is 27.2 Å². The zero-order valence-corrected chi connectivity index (χ0v) is 11.3. The number of nitrogens with one attached hydrogen (secondary N) is 1. The van der Waals surface area contributed by atoms with Gasteiger partial charge in [-0.15, -0.1) is 0 Å². The Kier molecular flexibility index (Phi) is 3.91. The lowest BCUT2D eigenvalue weighted by Gasteiger charge is -2.29. The first-order chi connectivity index (χ1) is 7.61. The molecule has 0 spiro atoms. The second-order valence-corrected chi connectivity index (χ2v) is 6.51. The fourth-order valence-electron chi connectivity index (χ4n) is 2.80. The van der Waals surface area contributed by atoms with Gasteiger partial charge in [-0.05, 0) is 37.6 Å². The van der Waals surface area contributed by atoms with Crippen LogP contribution < -0.4 is 5.32 Å². The van der Waals surface area contributed by atoms with Gasteiger partial charge in [0.2, 0.25) is 0 Å². The molecule has 0 aromatic rings. The Balaban J connectivity index is 1.80. The van der Waals surface area contributed by atoms with Gasteiger partial charge >= 0.3 is 0 Å². The van der Waals surface area contributed by atoms with Crippen molar-refractivity contribution in [3.8, 4) is 0 Å². The van der Waals surface area contributed by atoms with Crippen LogP contribution in [0, 0.1) is 5.41 Å². The Hall–Kier alpha value is -0.0800. The second kappa shape index (κ2) is 5.05. The number of hydrogen-bond acceptors (Lipinski definition) is 2. The monoisotopic (exact) mass is 224 g/mol. The van der Waals surface area contributed by atoms with Gasteiger partial charge in [-0.2, -0.15) is 0 Å². The molecular formula is C14H28N2. The summed E-state index contributed by atoms with van der Waals surface area (Å²) in [5.74, 6) is 0. The highest BCUT2D eigenvalue weighted by molar-refractivity contribution is 4.89. The first-order valence-electron chi connectivity index (χ1n) is 7.08. The van der Waals surface area contributed by atoms with Crippen LogP contribution in [0.4, 0.5) is 0 Å². The molecule has 2 aliphatic rings. The van der Waals surface area contributed by atoms with Crippen molar-refractivity contribution in [2.75, 3.05) is 19.6 Å². The standard InChI is InChI=1S/C14H28N2/c1-4-5-13(10-15-12-6-7-12)16-9-8-14(2,3)11-16/h12-13,15H,4-11H2,1-3H3. The molecule has 1 atom stereocenters. The van der Waals surface area contributed by atoms with Gasteiger partial charge in [-0.3, -0.25) is 4.90 Å². The molecule has 2 fully saturated rings. The summed E-state index contributed by atoms with van der Waals surface area (Å²) >= 11 is 0. The Morgan fingerprint density at radius 1 is 1.38 bits per heavy atom. The highest BCUT2D eigenvalue weighted by Crippen LogP contribution is 2.31. The van der Waals surface area contributed by atoms with E-state index in [-0.39, 0.29) is 0 Å². The first-order valence-corrected chi connectivity index (χ1v) is 7.08. The van der Waals surface area contributed by atoms with Crippen LogP contribution in [-0.2, 0) is 0 Å². The van der Waals surface area contributed by atoms with Crippen LogP contribution in [0.5, 0.6) is 0 Å². The maximum Gasteiger partial charge on any atom is 0.0220 e. The van der Waals surface area contributed by atoms with Crippen molar-refractivity contribution in [2.45, 2.75) is 65.0 Å². The van der Waals surface area contributed by atoms with Gasteiger partial charge in [-0.25, -0.2) is 0 Å². The molecule has 1 N–H and O–H groups in total. The summed E-state index contributed by atoms with van der Waals surface area (Å²) in [6.07, 6.45) is 6.86. The molecule has 1 heterocycles. The maximum atomic E-state index is 3.70. The Morgan fingerprint density at radius 2 is 2.12 bits per heavy atom. The summed E-state index contributed by atoms with van der Waals surface area (Å²) in [4.78, 5) is 2.72. The van der Waals surface area contributed by atoms with Crippen molar-refractivity contribution in [3.05, 3.63) is 0 Å². The molecule has 0 aromatic heterocycles. The van der Waals surface area contributed by atoms with E-state index in [1.54, 1.807) is 0 Å². The van der Waals surface area contributed by atoms with Crippen LogP contribution in [0.15, 0.2) is 0 Å². The van der Waals surface area contributed by atoms with E-state index >= 15 is 0 Å². The fraction of sp³-hybridized carbons (Fsp3) is 1.00. The van der Waals surface area contributed by atoms with Crippen molar-refractivity contribution in [3.63, 3.8) is 0 Å². The normalized spacial score (nSPS) is 27.2. The molecular weight excluding hydrogens is 196 g/mol. The molecule has 2 rings (SSSR count). The van der Waals surface area contributed by atoms with Crippen LogP contribution in [0.25, 0.3) is 0 Å². The van der Waals surface area contributed by atoms with E-state index in [1.807, 2.05) is 0 Å². The summed E-state index contributed by atoms with van der Waals surface area (Å²) in [6, 6.07) is 1.64. The average Bonchev–Trinajstić information content (AvgIpc) is 2.97. The highest BCUT2D eigenvalue weighted by Gasteiger charge is 2.33. The van der Waals surface area contributed by atoms with Crippen LogP contribution in [0.1, 0.15) is 52.9 Å². The lowest BCUT2D eigenvalue weighted by atomic mass is 9.93. The van der Waals surface area contributed by atoms with Crippen LogP contribution in [0.2, 0.25) is 0 Å². The third-order valence-electron chi connectivity index (χ3n) is 4.06. The van der Waals surface area contributed by atoms with E-state index in [4.69, 9.17) is 0 Å². The number of rotatable bonds is 6. The van der Waals surface area contributed by atoms with Gasteiger partial charge in [0, 0.05) is 25.2 Å². The van der Waals surface area contributed by atoms with E-state index in [9.17, 15) is 0 Å². The molecule has 1 saturated carbocycles. The molecule has 1 aliphatic heterocycles. The topological polar surface area (TPSA) is 15.3 Å². The molecule has 1 unspecified atom stereocenters. The Bertz CT molecular complexity index is 221. The molecule has 0 amide bonds. The minimum Gasteiger partial charge on any atom is -0.312 e. The zero-order valence-electron chi connectivity index (χ0n) is 11.3. The van der Waals surface area contributed by atoms with Gasteiger partial charge in [0.15, 0.2) is 0 Å². The average molecular weight is 224 g/mol. The van der Waals surface area contributed by atoms with Crippen molar-refractivity contribution in [1.82, 2.24) is 10.2 Å². The summed E-state index contributed by atoms with van der Waals surface area (Å²) in [7, 11) is 0. The fourth-order valence-corrected chi connectivity index (χ4v) is 2.80. The zero-order chi connectivity index (χ0) is 11.6. The summed E-state index contributed by atoms with van der Waals surface area (Å²) < 4.78 is 0. The Morgan fingerprint density at radius 3 is 2.62 bits per heavy atom. The first kappa shape index (κ1) is 12.4. The molecule has 16 heavy (non-hydrogen) atoms. The lowest BCUT2D eigenvalue weighted by molar-refractivity contribution is 0.200. The van der Waals surface area contributed by atoms with Gasteiger partial charge in [0.25, 0.3) is 0 Å². The van der Waals surface area contributed by atoms with Crippen LogP contribution in [-0.4, -0.2) is 36.6 Å². The summed E-state index contributed by atoms with van der Waals surface area (Å²) in [6.45, 7) is 10.9. The number of likely N-dealkylation sites (tertiary alicyclic amines) is 1. The van der Waals surface area contributed by atoms with Gasteiger partial charge in [0.1, 0.15) is 0 Å². The highest BCUT2D eigenvalue weighted by atomic mass is 15.2.